The summed E-state index contributed by atoms with van der Waals surface area (Å²) in [5.41, 5.74) is 0.684. The molecule has 2 saturated heterocycles. The molecule has 6 nitrogen and oxygen atoms in total. The number of ether oxygens (including phenoxy) is 1. The minimum Gasteiger partial charge on any atom is -0.374 e. The normalized spacial score (nSPS) is 22.1. The average Bonchev–Trinajstić information content (AvgIpc) is 2.63. The minimum atomic E-state index is -0.156. The molecule has 1 unspecified atom stereocenters. The Hall–Kier alpha value is -1.13. The van der Waals surface area contributed by atoms with E-state index in [2.05, 4.69) is 32.1 Å². The molecule has 0 bridgehead atoms. The van der Waals surface area contributed by atoms with Crippen LogP contribution in [-0.2, 0) is 4.74 Å². The van der Waals surface area contributed by atoms with Gasteiger partial charge in [-0.3, -0.25) is 4.99 Å². The first-order valence-corrected chi connectivity index (χ1v) is 8.92. The summed E-state index contributed by atoms with van der Waals surface area (Å²) in [5, 5.41) is 3.43. The molecule has 2 heterocycles. The van der Waals surface area contributed by atoms with Crippen LogP contribution < -0.4 is 10.2 Å². The monoisotopic (exact) mass is 477 g/mol. The molecule has 0 radical (unpaired) electrons. The van der Waals surface area contributed by atoms with Crippen LogP contribution in [0.1, 0.15) is 0 Å². The molecular weight excluding hydrogens is 448 g/mol. The van der Waals surface area contributed by atoms with Crippen LogP contribution >= 0.6 is 24.0 Å². The second-order valence-electron chi connectivity index (χ2n) is 6.61. The van der Waals surface area contributed by atoms with E-state index in [1.165, 1.54) is 6.07 Å². The average molecular weight is 477 g/mol. The molecule has 1 aromatic carbocycles. The predicted molar refractivity (Wildman–Crippen MR) is 114 cm³/mol. The van der Waals surface area contributed by atoms with Gasteiger partial charge in [0, 0.05) is 52.9 Å². The quantitative estimate of drug-likeness (QED) is 0.406. The highest BCUT2D eigenvalue weighted by Gasteiger charge is 2.23. The minimum absolute atomic E-state index is 0. The number of morpholine rings is 1. The Balaban J connectivity index is 0.00000243. The van der Waals surface area contributed by atoms with Gasteiger partial charge in [-0.1, -0.05) is 12.1 Å². The highest BCUT2D eigenvalue weighted by atomic mass is 127. The van der Waals surface area contributed by atoms with Gasteiger partial charge in [-0.25, -0.2) is 4.39 Å². The van der Waals surface area contributed by atoms with Crippen LogP contribution in [0.4, 0.5) is 10.1 Å². The van der Waals surface area contributed by atoms with Gasteiger partial charge in [-0.2, -0.15) is 0 Å². The fourth-order valence-electron chi connectivity index (χ4n) is 3.40. The molecule has 8 heteroatoms. The molecule has 0 saturated carbocycles. The molecule has 1 aromatic rings. The van der Waals surface area contributed by atoms with Crippen LogP contribution in [0.5, 0.6) is 0 Å². The van der Waals surface area contributed by atoms with Gasteiger partial charge in [0.15, 0.2) is 5.96 Å². The Bertz CT molecular complexity index is 595. The summed E-state index contributed by atoms with van der Waals surface area (Å²) in [7, 11) is 3.92. The van der Waals surface area contributed by atoms with E-state index in [-0.39, 0.29) is 35.9 Å². The van der Waals surface area contributed by atoms with Gasteiger partial charge in [-0.05, 0) is 19.2 Å². The van der Waals surface area contributed by atoms with E-state index in [1.807, 2.05) is 12.1 Å². The number of hydrogen-bond acceptors (Lipinski definition) is 4. The lowest BCUT2D eigenvalue weighted by atomic mass is 10.2. The van der Waals surface area contributed by atoms with E-state index in [0.29, 0.717) is 5.69 Å². The van der Waals surface area contributed by atoms with Crippen molar-refractivity contribution >= 4 is 35.6 Å². The Labute approximate surface area is 172 Å². The standard InChI is InChI=1S/C18H28FN5O.HI/c1-20-18(21-13-15-14-22(2)11-12-25-15)24-9-7-23(8-10-24)17-6-4-3-5-16(17)19;/h3-6,15H,7-14H2,1-2H3,(H,20,21);1H. The first-order chi connectivity index (χ1) is 12.2. The number of benzene rings is 1. The van der Waals surface area contributed by atoms with Crippen LogP contribution in [0.2, 0.25) is 0 Å². The third kappa shape index (κ3) is 5.43. The van der Waals surface area contributed by atoms with Crippen LogP contribution in [0.3, 0.4) is 0 Å². The van der Waals surface area contributed by atoms with Gasteiger partial charge >= 0.3 is 0 Å². The van der Waals surface area contributed by atoms with E-state index in [4.69, 9.17) is 4.74 Å². The molecule has 1 atom stereocenters. The van der Waals surface area contributed by atoms with E-state index >= 15 is 0 Å². The van der Waals surface area contributed by atoms with E-state index < -0.39 is 0 Å². The molecule has 0 spiro atoms. The second kappa shape index (κ2) is 10.3. The lowest BCUT2D eigenvalue weighted by Gasteiger charge is -2.38. The molecular formula is C18H29FIN5O. The van der Waals surface area contributed by atoms with Crippen LogP contribution in [0.25, 0.3) is 0 Å². The van der Waals surface area contributed by atoms with Crippen molar-refractivity contribution in [2.24, 2.45) is 4.99 Å². The highest BCUT2D eigenvalue weighted by molar-refractivity contribution is 14.0. The summed E-state index contributed by atoms with van der Waals surface area (Å²) < 4.78 is 19.7. The van der Waals surface area contributed by atoms with Crippen molar-refractivity contribution in [1.82, 2.24) is 15.1 Å². The number of guanidine groups is 1. The van der Waals surface area contributed by atoms with Crippen LogP contribution in [0.15, 0.2) is 29.3 Å². The summed E-state index contributed by atoms with van der Waals surface area (Å²) in [5.74, 6) is 0.738. The smallest absolute Gasteiger partial charge is 0.193 e. The Morgan fingerprint density at radius 3 is 2.62 bits per heavy atom. The zero-order valence-electron chi connectivity index (χ0n) is 15.5. The molecule has 26 heavy (non-hydrogen) atoms. The third-order valence-corrected chi connectivity index (χ3v) is 4.81. The number of aliphatic imine (C=N–C) groups is 1. The number of rotatable bonds is 3. The molecule has 3 rings (SSSR count). The van der Waals surface area contributed by atoms with Crippen molar-refractivity contribution in [3.8, 4) is 0 Å². The second-order valence-corrected chi connectivity index (χ2v) is 6.61. The van der Waals surface area contributed by atoms with Crippen molar-refractivity contribution in [2.45, 2.75) is 6.10 Å². The summed E-state index contributed by atoms with van der Waals surface area (Å²) in [4.78, 5) is 11.0. The lowest BCUT2D eigenvalue weighted by molar-refractivity contribution is -0.0163. The van der Waals surface area contributed by atoms with Gasteiger partial charge in [0.05, 0.1) is 18.4 Å². The number of para-hydroxylation sites is 1. The van der Waals surface area contributed by atoms with E-state index in [9.17, 15) is 4.39 Å². The highest BCUT2D eigenvalue weighted by Crippen LogP contribution is 2.20. The fourth-order valence-corrected chi connectivity index (χ4v) is 3.40. The molecule has 2 fully saturated rings. The number of likely N-dealkylation sites (N-methyl/N-ethyl adjacent to an activating group) is 1. The number of anilines is 1. The molecule has 0 aromatic heterocycles. The van der Waals surface area contributed by atoms with Gasteiger partial charge < -0.3 is 24.8 Å². The van der Waals surface area contributed by atoms with Crippen molar-refractivity contribution < 1.29 is 9.13 Å². The zero-order chi connectivity index (χ0) is 17.6. The Morgan fingerprint density at radius 1 is 1.23 bits per heavy atom. The molecule has 0 amide bonds. The van der Waals surface area contributed by atoms with Crippen LogP contribution in [0, 0.1) is 5.82 Å². The number of halogens is 2. The van der Waals surface area contributed by atoms with Crippen molar-refractivity contribution in [3.63, 3.8) is 0 Å². The van der Waals surface area contributed by atoms with Gasteiger partial charge in [-0.15, -0.1) is 24.0 Å². The number of nitrogens with zero attached hydrogens (tertiary/aromatic N) is 4. The summed E-state index contributed by atoms with van der Waals surface area (Å²) in [6.45, 7) is 6.66. The molecule has 1 N–H and O–H groups in total. The molecule has 146 valence electrons. The number of nitrogens with one attached hydrogen (secondary N) is 1. The lowest BCUT2D eigenvalue weighted by Crippen LogP contribution is -2.54. The maximum atomic E-state index is 13.9. The maximum absolute atomic E-state index is 13.9. The summed E-state index contributed by atoms with van der Waals surface area (Å²) in [6, 6.07) is 6.97. The zero-order valence-corrected chi connectivity index (χ0v) is 17.9. The maximum Gasteiger partial charge on any atom is 0.193 e. The number of hydrogen-bond donors (Lipinski definition) is 1. The van der Waals surface area contributed by atoms with E-state index in [1.54, 1.807) is 13.1 Å². The Kier molecular flexibility index (Phi) is 8.36. The SMILES string of the molecule is CN=C(NCC1CN(C)CCO1)N1CCN(c2ccccc2F)CC1.I. The van der Waals surface area contributed by atoms with E-state index in [0.717, 1.165) is 58.4 Å². The van der Waals surface area contributed by atoms with Gasteiger partial charge in [0.25, 0.3) is 0 Å². The first-order valence-electron chi connectivity index (χ1n) is 8.92. The molecule has 2 aliphatic rings. The Morgan fingerprint density at radius 2 is 1.96 bits per heavy atom. The predicted octanol–water partition coefficient (Wildman–Crippen LogP) is 1.47. The number of piperazine rings is 1. The largest absolute Gasteiger partial charge is 0.374 e. The van der Waals surface area contributed by atoms with Crippen molar-refractivity contribution in [3.05, 3.63) is 30.1 Å². The van der Waals surface area contributed by atoms with Crippen LogP contribution in [-0.4, -0.2) is 88.4 Å². The molecule has 2 aliphatic heterocycles. The van der Waals surface area contributed by atoms with Gasteiger partial charge in [0.2, 0.25) is 0 Å². The summed E-state index contributed by atoms with van der Waals surface area (Å²) in [6.07, 6.45) is 0.190. The van der Waals surface area contributed by atoms with Gasteiger partial charge in [0.1, 0.15) is 5.82 Å². The summed E-state index contributed by atoms with van der Waals surface area (Å²) >= 11 is 0. The van der Waals surface area contributed by atoms with Crippen molar-refractivity contribution in [1.29, 1.82) is 0 Å². The topological polar surface area (TPSA) is 43.3 Å². The fraction of sp³-hybridized carbons (Fsp3) is 0.611. The third-order valence-electron chi connectivity index (χ3n) is 4.81. The first kappa shape index (κ1) is 21.2. The van der Waals surface area contributed by atoms with Crippen molar-refractivity contribution in [2.75, 3.05) is 71.4 Å². The molecule has 0 aliphatic carbocycles.